The Morgan fingerprint density at radius 2 is 2.22 bits per heavy atom. The molecule has 1 aromatic rings. The van der Waals surface area contributed by atoms with Crippen molar-refractivity contribution in [1.29, 1.82) is 0 Å². The van der Waals surface area contributed by atoms with Crippen LogP contribution in [0.1, 0.15) is 18.4 Å². The van der Waals surface area contributed by atoms with Crippen molar-refractivity contribution in [2.45, 2.75) is 24.9 Å². The molecule has 5 heteroatoms. The Balaban J connectivity index is 1.89. The molecule has 2 rings (SSSR count). The number of aromatic nitrogens is 1. The van der Waals surface area contributed by atoms with Crippen molar-refractivity contribution >= 4 is 5.91 Å². The number of primary amides is 1. The lowest BCUT2D eigenvalue weighted by Crippen LogP contribution is -2.56. The van der Waals surface area contributed by atoms with E-state index in [-0.39, 0.29) is 0 Å². The van der Waals surface area contributed by atoms with Crippen LogP contribution in [0.25, 0.3) is 0 Å². The second-order valence-electron chi connectivity index (χ2n) is 4.88. The number of carbonyl (C=O) groups is 1. The number of carbonyl (C=O) groups excluding carboxylic acids is 1. The van der Waals surface area contributed by atoms with Gasteiger partial charge < -0.3 is 10.8 Å². The van der Waals surface area contributed by atoms with E-state index in [0.717, 1.165) is 25.9 Å². The van der Waals surface area contributed by atoms with Crippen molar-refractivity contribution in [2.24, 2.45) is 5.73 Å². The molecule has 0 radical (unpaired) electrons. The molecule has 3 N–H and O–H groups in total. The Bertz CT molecular complexity index is 410. The predicted molar refractivity (Wildman–Crippen MR) is 67.8 cm³/mol. The van der Waals surface area contributed by atoms with Crippen molar-refractivity contribution in [3.05, 3.63) is 30.1 Å². The van der Waals surface area contributed by atoms with Gasteiger partial charge in [-0.3, -0.25) is 14.7 Å². The molecular weight excluding hydrogens is 230 g/mol. The zero-order valence-electron chi connectivity index (χ0n) is 10.4. The summed E-state index contributed by atoms with van der Waals surface area (Å²) in [7, 11) is 0. The summed E-state index contributed by atoms with van der Waals surface area (Å²) < 4.78 is 0. The highest BCUT2D eigenvalue weighted by Crippen LogP contribution is 2.20. The number of hydrogen-bond acceptors (Lipinski definition) is 4. The molecule has 0 aliphatic carbocycles. The number of rotatable bonds is 4. The number of amides is 1. The zero-order chi connectivity index (χ0) is 13.0. The molecule has 0 aromatic carbocycles. The maximum absolute atomic E-state index is 11.2. The quantitative estimate of drug-likeness (QED) is 0.783. The van der Waals surface area contributed by atoms with E-state index in [2.05, 4.69) is 9.88 Å². The van der Waals surface area contributed by atoms with Gasteiger partial charge in [-0.25, -0.2) is 0 Å². The summed E-state index contributed by atoms with van der Waals surface area (Å²) in [6, 6.07) is 3.95. The average Bonchev–Trinajstić information content (AvgIpc) is 2.38. The molecule has 0 spiro atoms. The molecule has 1 saturated heterocycles. The van der Waals surface area contributed by atoms with Gasteiger partial charge in [0.15, 0.2) is 5.60 Å². The second-order valence-corrected chi connectivity index (χ2v) is 4.88. The van der Waals surface area contributed by atoms with Crippen LogP contribution in [-0.2, 0) is 11.2 Å². The normalized spacial score (nSPS) is 24.9. The molecule has 0 bridgehead atoms. The molecule has 98 valence electrons. The summed E-state index contributed by atoms with van der Waals surface area (Å²) >= 11 is 0. The van der Waals surface area contributed by atoms with E-state index in [1.165, 1.54) is 5.56 Å². The molecule has 1 aliphatic rings. The van der Waals surface area contributed by atoms with E-state index < -0.39 is 11.5 Å². The molecule has 0 unspecified atom stereocenters. The number of likely N-dealkylation sites (tertiary alicyclic amines) is 1. The average molecular weight is 249 g/mol. The molecule has 1 aliphatic heterocycles. The molecular formula is C13H19N3O2. The SMILES string of the molecule is NC(=O)[C@@]1(O)CCCN(CCc2ccncc2)C1. The van der Waals surface area contributed by atoms with E-state index >= 15 is 0 Å². The van der Waals surface area contributed by atoms with Gasteiger partial charge in [0, 0.05) is 25.5 Å². The van der Waals surface area contributed by atoms with E-state index in [1.807, 2.05) is 12.1 Å². The van der Waals surface area contributed by atoms with Gasteiger partial charge in [0.2, 0.25) is 0 Å². The Morgan fingerprint density at radius 3 is 2.89 bits per heavy atom. The van der Waals surface area contributed by atoms with Gasteiger partial charge >= 0.3 is 0 Å². The lowest BCUT2D eigenvalue weighted by Gasteiger charge is -2.37. The van der Waals surface area contributed by atoms with Crippen LogP contribution >= 0.6 is 0 Å². The van der Waals surface area contributed by atoms with Gasteiger partial charge in [-0.05, 0) is 43.5 Å². The lowest BCUT2D eigenvalue weighted by molar-refractivity contribution is -0.142. The van der Waals surface area contributed by atoms with E-state index in [9.17, 15) is 9.90 Å². The minimum absolute atomic E-state index is 0.341. The third-order valence-electron chi connectivity index (χ3n) is 3.47. The van der Waals surface area contributed by atoms with Crippen LogP contribution in [0.15, 0.2) is 24.5 Å². The number of nitrogens with two attached hydrogens (primary N) is 1. The summed E-state index contributed by atoms with van der Waals surface area (Å²) in [6.07, 6.45) is 5.69. The van der Waals surface area contributed by atoms with Gasteiger partial charge in [0.05, 0.1) is 0 Å². The van der Waals surface area contributed by atoms with Crippen molar-refractivity contribution in [1.82, 2.24) is 9.88 Å². The highest BCUT2D eigenvalue weighted by molar-refractivity contribution is 5.83. The van der Waals surface area contributed by atoms with Crippen molar-refractivity contribution in [3.8, 4) is 0 Å². The van der Waals surface area contributed by atoms with Gasteiger partial charge in [0.1, 0.15) is 0 Å². The van der Waals surface area contributed by atoms with Crippen LogP contribution in [0.5, 0.6) is 0 Å². The van der Waals surface area contributed by atoms with E-state index in [4.69, 9.17) is 5.73 Å². The van der Waals surface area contributed by atoms with Crippen LogP contribution in [0.2, 0.25) is 0 Å². The molecule has 1 aromatic heterocycles. The van der Waals surface area contributed by atoms with Crippen LogP contribution < -0.4 is 5.73 Å². The van der Waals surface area contributed by atoms with Gasteiger partial charge in [-0.2, -0.15) is 0 Å². The predicted octanol–water partition coefficient (Wildman–Crippen LogP) is -0.0637. The van der Waals surface area contributed by atoms with Crippen molar-refractivity contribution in [2.75, 3.05) is 19.6 Å². The van der Waals surface area contributed by atoms with Crippen LogP contribution in [-0.4, -0.2) is 46.1 Å². The van der Waals surface area contributed by atoms with Gasteiger partial charge in [-0.15, -0.1) is 0 Å². The van der Waals surface area contributed by atoms with Crippen molar-refractivity contribution < 1.29 is 9.90 Å². The number of aliphatic hydroxyl groups is 1. The second kappa shape index (κ2) is 5.46. The first-order valence-electron chi connectivity index (χ1n) is 6.24. The Labute approximate surface area is 107 Å². The fourth-order valence-electron chi connectivity index (χ4n) is 2.35. The van der Waals surface area contributed by atoms with Crippen LogP contribution in [0.4, 0.5) is 0 Å². The Morgan fingerprint density at radius 1 is 1.50 bits per heavy atom. The minimum atomic E-state index is -1.35. The molecule has 2 heterocycles. The topological polar surface area (TPSA) is 79.5 Å². The number of β-amino-alcohol motifs (C(OH)–C–C–N with tert-alkyl or cyclic N) is 1. The molecule has 18 heavy (non-hydrogen) atoms. The molecule has 1 fully saturated rings. The lowest BCUT2D eigenvalue weighted by atomic mass is 9.92. The summed E-state index contributed by atoms with van der Waals surface area (Å²) in [4.78, 5) is 17.3. The molecule has 1 amide bonds. The van der Waals surface area contributed by atoms with Gasteiger partial charge in [-0.1, -0.05) is 0 Å². The number of pyridine rings is 1. The molecule has 0 saturated carbocycles. The highest BCUT2D eigenvalue weighted by atomic mass is 16.3. The fraction of sp³-hybridized carbons (Fsp3) is 0.538. The number of nitrogens with zero attached hydrogens (tertiary/aromatic N) is 2. The van der Waals surface area contributed by atoms with Crippen LogP contribution in [0.3, 0.4) is 0 Å². The Hall–Kier alpha value is -1.46. The maximum Gasteiger partial charge on any atom is 0.250 e. The monoisotopic (exact) mass is 249 g/mol. The number of hydrogen-bond donors (Lipinski definition) is 2. The summed E-state index contributed by atoms with van der Waals surface area (Å²) in [5.41, 5.74) is 5.10. The minimum Gasteiger partial charge on any atom is -0.379 e. The van der Waals surface area contributed by atoms with Crippen molar-refractivity contribution in [3.63, 3.8) is 0 Å². The Kier molecular flexibility index (Phi) is 3.93. The molecule has 1 atom stereocenters. The van der Waals surface area contributed by atoms with E-state index in [0.29, 0.717) is 13.0 Å². The summed E-state index contributed by atoms with van der Waals surface area (Å²) in [5.74, 6) is -0.615. The maximum atomic E-state index is 11.2. The summed E-state index contributed by atoms with van der Waals surface area (Å²) in [5, 5.41) is 10.1. The number of piperidine rings is 1. The largest absolute Gasteiger partial charge is 0.379 e. The zero-order valence-corrected chi connectivity index (χ0v) is 10.4. The smallest absolute Gasteiger partial charge is 0.250 e. The first-order chi connectivity index (χ1) is 8.60. The first kappa shape index (κ1) is 13.0. The summed E-state index contributed by atoms with van der Waals surface area (Å²) in [6.45, 7) is 2.06. The highest BCUT2D eigenvalue weighted by Gasteiger charge is 2.38. The van der Waals surface area contributed by atoms with Gasteiger partial charge in [0.25, 0.3) is 5.91 Å². The fourth-order valence-corrected chi connectivity index (χ4v) is 2.35. The molecule has 5 nitrogen and oxygen atoms in total. The third kappa shape index (κ3) is 3.05. The van der Waals surface area contributed by atoms with E-state index in [1.54, 1.807) is 12.4 Å². The standard InChI is InChI=1S/C13H19N3O2/c14-12(17)13(18)5-1-8-16(10-13)9-4-11-2-6-15-7-3-11/h2-3,6-7,18H,1,4-5,8-10H2,(H2,14,17)/t13-/m1/s1. The van der Waals surface area contributed by atoms with Crippen LogP contribution in [0, 0.1) is 0 Å². The first-order valence-corrected chi connectivity index (χ1v) is 6.24. The third-order valence-corrected chi connectivity index (χ3v) is 3.47.